The van der Waals surface area contributed by atoms with Crippen molar-refractivity contribution in [1.29, 1.82) is 0 Å². The van der Waals surface area contributed by atoms with E-state index in [0.29, 0.717) is 11.9 Å². The number of nitrogens with zero attached hydrogens (tertiary/aromatic N) is 2. The van der Waals surface area contributed by atoms with E-state index in [1.54, 1.807) is 7.11 Å². The number of methoxy groups -OCH3 is 1. The predicted molar refractivity (Wildman–Crippen MR) is 65.8 cm³/mol. The van der Waals surface area contributed by atoms with Crippen LogP contribution < -0.4 is 10.6 Å². The van der Waals surface area contributed by atoms with Crippen molar-refractivity contribution in [2.24, 2.45) is 5.92 Å². The van der Waals surface area contributed by atoms with Crippen LogP contribution in [-0.2, 0) is 4.74 Å². The SMILES string of the molecule is CNc1ncc(C)c(NCC(C)COC)n1. The van der Waals surface area contributed by atoms with Gasteiger partial charge in [-0.25, -0.2) is 4.98 Å². The van der Waals surface area contributed by atoms with Gasteiger partial charge in [0.15, 0.2) is 0 Å². The Labute approximate surface area is 96.6 Å². The van der Waals surface area contributed by atoms with E-state index in [1.165, 1.54) is 0 Å². The molecule has 0 saturated carbocycles. The maximum Gasteiger partial charge on any atom is 0.224 e. The summed E-state index contributed by atoms with van der Waals surface area (Å²) in [7, 11) is 3.52. The lowest BCUT2D eigenvalue weighted by atomic mass is 10.2. The Bertz CT molecular complexity index is 330. The van der Waals surface area contributed by atoms with Gasteiger partial charge in [0, 0.05) is 32.5 Å². The molecule has 1 atom stereocenters. The van der Waals surface area contributed by atoms with E-state index in [2.05, 4.69) is 27.5 Å². The van der Waals surface area contributed by atoms with Gasteiger partial charge in [-0.2, -0.15) is 4.98 Å². The maximum atomic E-state index is 5.08. The summed E-state index contributed by atoms with van der Waals surface area (Å²) in [6.07, 6.45) is 1.81. The summed E-state index contributed by atoms with van der Waals surface area (Å²) in [5.74, 6) is 1.96. The second-order valence-corrected chi connectivity index (χ2v) is 3.92. The normalized spacial score (nSPS) is 12.2. The lowest BCUT2D eigenvalue weighted by Gasteiger charge is -2.13. The van der Waals surface area contributed by atoms with Crippen molar-refractivity contribution in [1.82, 2.24) is 9.97 Å². The molecule has 2 N–H and O–H groups in total. The van der Waals surface area contributed by atoms with Gasteiger partial charge in [0.05, 0.1) is 6.61 Å². The maximum absolute atomic E-state index is 5.08. The van der Waals surface area contributed by atoms with Crippen molar-refractivity contribution in [3.8, 4) is 0 Å². The minimum absolute atomic E-state index is 0.456. The molecule has 0 aliphatic carbocycles. The average Bonchev–Trinajstić information content (AvgIpc) is 2.28. The third kappa shape index (κ3) is 3.66. The minimum atomic E-state index is 0.456. The molecule has 90 valence electrons. The highest BCUT2D eigenvalue weighted by molar-refractivity contribution is 5.46. The molecule has 0 fully saturated rings. The fraction of sp³-hybridized carbons (Fsp3) is 0.636. The molecule has 1 heterocycles. The summed E-state index contributed by atoms with van der Waals surface area (Å²) in [6, 6.07) is 0. The molecular weight excluding hydrogens is 204 g/mol. The van der Waals surface area contributed by atoms with E-state index in [9.17, 15) is 0 Å². The highest BCUT2D eigenvalue weighted by Gasteiger charge is 2.05. The zero-order valence-electron chi connectivity index (χ0n) is 10.4. The minimum Gasteiger partial charge on any atom is -0.384 e. The van der Waals surface area contributed by atoms with Crippen molar-refractivity contribution >= 4 is 11.8 Å². The van der Waals surface area contributed by atoms with Crippen molar-refractivity contribution in [3.63, 3.8) is 0 Å². The Morgan fingerprint density at radius 2 is 2.25 bits per heavy atom. The molecule has 0 aliphatic heterocycles. The third-order valence-electron chi connectivity index (χ3n) is 2.26. The lowest BCUT2D eigenvalue weighted by Crippen LogP contribution is -2.17. The van der Waals surface area contributed by atoms with Crippen LogP contribution in [0.4, 0.5) is 11.8 Å². The van der Waals surface area contributed by atoms with Crippen LogP contribution in [0.25, 0.3) is 0 Å². The van der Waals surface area contributed by atoms with Crippen molar-refractivity contribution in [2.75, 3.05) is 37.9 Å². The Kier molecular flexibility index (Phi) is 4.98. The van der Waals surface area contributed by atoms with Gasteiger partial charge < -0.3 is 15.4 Å². The molecule has 0 aromatic carbocycles. The number of ether oxygens (including phenoxy) is 1. The fourth-order valence-electron chi connectivity index (χ4n) is 1.36. The van der Waals surface area contributed by atoms with E-state index >= 15 is 0 Å². The van der Waals surface area contributed by atoms with Gasteiger partial charge in [-0.3, -0.25) is 0 Å². The van der Waals surface area contributed by atoms with Gasteiger partial charge in [-0.1, -0.05) is 6.92 Å². The fourth-order valence-corrected chi connectivity index (χ4v) is 1.36. The third-order valence-corrected chi connectivity index (χ3v) is 2.26. The summed E-state index contributed by atoms with van der Waals surface area (Å²) in [5.41, 5.74) is 1.05. The smallest absolute Gasteiger partial charge is 0.224 e. The first kappa shape index (κ1) is 12.7. The van der Waals surface area contributed by atoms with Crippen LogP contribution in [-0.4, -0.2) is 37.3 Å². The van der Waals surface area contributed by atoms with Crippen LogP contribution in [0, 0.1) is 12.8 Å². The molecule has 0 aliphatic rings. The first-order valence-electron chi connectivity index (χ1n) is 5.41. The molecule has 0 radical (unpaired) electrons. The first-order chi connectivity index (χ1) is 7.67. The van der Waals surface area contributed by atoms with Crippen LogP contribution in [0.1, 0.15) is 12.5 Å². The molecule has 5 nitrogen and oxygen atoms in total. The van der Waals surface area contributed by atoms with Gasteiger partial charge in [0.25, 0.3) is 0 Å². The standard InChI is InChI=1S/C11H20N4O/c1-8(7-16-4)5-13-10-9(2)6-14-11(12-3)15-10/h6,8H,5,7H2,1-4H3,(H2,12,13,14,15). The Balaban J connectivity index is 2.58. The van der Waals surface area contributed by atoms with Crippen LogP contribution in [0.5, 0.6) is 0 Å². The Morgan fingerprint density at radius 1 is 1.50 bits per heavy atom. The molecule has 0 amide bonds. The van der Waals surface area contributed by atoms with Gasteiger partial charge in [0.2, 0.25) is 5.95 Å². The van der Waals surface area contributed by atoms with Crippen molar-refractivity contribution < 1.29 is 4.74 Å². The first-order valence-corrected chi connectivity index (χ1v) is 5.41. The number of rotatable bonds is 6. The Hall–Kier alpha value is -1.36. The average molecular weight is 224 g/mol. The number of aryl methyl sites for hydroxylation is 1. The monoisotopic (exact) mass is 224 g/mol. The van der Waals surface area contributed by atoms with Crippen molar-refractivity contribution in [2.45, 2.75) is 13.8 Å². The van der Waals surface area contributed by atoms with E-state index in [4.69, 9.17) is 4.74 Å². The molecule has 16 heavy (non-hydrogen) atoms. The van der Waals surface area contributed by atoms with Crippen LogP contribution in [0.2, 0.25) is 0 Å². The molecule has 1 unspecified atom stereocenters. The van der Waals surface area contributed by atoms with Crippen LogP contribution in [0.15, 0.2) is 6.20 Å². The molecule has 0 saturated heterocycles. The summed E-state index contributed by atoms with van der Waals surface area (Å²) < 4.78 is 5.08. The van der Waals surface area contributed by atoms with E-state index in [1.807, 2.05) is 20.2 Å². The van der Waals surface area contributed by atoms with Crippen LogP contribution in [0.3, 0.4) is 0 Å². The van der Waals surface area contributed by atoms with E-state index in [0.717, 1.165) is 24.5 Å². The summed E-state index contributed by atoms with van der Waals surface area (Å²) in [5, 5.41) is 6.22. The number of hydrogen-bond donors (Lipinski definition) is 2. The highest BCUT2D eigenvalue weighted by atomic mass is 16.5. The second-order valence-electron chi connectivity index (χ2n) is 3.92. The van der Waals surface area contributed by atoms with Gasteiger partial charge in [0.1, 0.15) is 5.82 Å². The molecule has 1 aromatic heterocycles. The molecule has 0 spiro atoms. The number of hydrogen-bond acceptors (Lipinski definition) is 5. The summed E-state index contributed by atoms with van der Waals surface area (Å²) in [6.45, 7) is 5.71. The van der Waals surface area contributed by atoms with Crippen molar-refractivity contribution in [3.05, 3.63) is 11.8 Å². The zero-order valence-corrected chi connectivity index (χ0v) is 10.4. The topological polar surface area (TPSA) is 59.1 Å². The summed E-state index contributed by atoms with van der Waals surface area (Å²) in [4.78, 5) is 8.48. The molecule has 1 rings (SSSR count). The largest absolute Gasteiger partial charge is 0.384 e. The zero-order chi connectivity index (χ0) is 12.0. The Morgan fingerprint density at radius 3 is 2.88 bits per heavy atom. The van der Waals surface area contributed by atoms with Gasteiger partial charge in [-0.15, -0.1) is 0 Å². The van der Waals surface area contributed by atoms with E-state index < -0.39 is 0 Å². The number of anilines is 2. The van der Waals surface area contributed by atoms with Gasteiger partial charge in [-0.05, 0) is 12.8 Å². The second kappa shape index (κ2) is 6.27. The number of aromatic nitrogens is 2. The van der Waals surface area contributed by atoms with Gasteiger partial charge >= 0.3 is 0 Å². The summed E-state index contributed by atoms with van der Waals surface area (Å²) >= 11 is 0. The molecule has 5 heteroatoms. The quantitative estimate of drug-likeness (QED) is 0.767. The number of nitrogens with one attached hydrogen (secondary N) is 2. The molecule has 0 bridgehead atoms. The predicted octanol–water partition coefficient (Wildman–Crippen LogP) is 1.52. The lowest BCUT2D eigenvalue weighted by molar-refractivity contribution is 0.164. The highest BCUT2D eigenvalue weighted by Crippen LogP contribution is 2.12. The molecule has 1 aromatic rings. The molecular formula is C11H20N4O. The van der Waals surface area contributed by atoms with Crippen LogP contribution >= 0.6 is 0 Å². The van der Waals surface area contributed by atoms with E-state index in [-0.39, 0.29) is 0 Å².